The first-order chi connectivity index (χ1) is 16.8. The predicted molar refractivity (Wildman–Crippen MR) is 126 cm³/mol. The van der Waals surface area contributed by atoms with Crippen molar-refractivity contribution < 1.29 is 28.4 Å². The smallest absolute Gasteiger partial charge is 0.186 e. The molecule has 2 saturated heterocycles. The monoisotopic (exact) mass is 462 g/mol. The van der Waals surface area contributed by atoms with E-state index in [2.05, 4.69) is 0 Å². The summed E-state index contributed by atoms with van der Waals surface area (Å²) in [5.74, 6) is 0. The van der Waals surface area contributed by atoms with Crippen LogP contribution in [0.15, 0.2) is 91.0 Å². The number of ether oxygens (including phenoxy) is 6. The molecular formula is C28H30O6. The lowest BCUT2D eigenvalue weighted by atomic mass is 9.97. The average Bonchev–Trinajstić information content (AvgIpc) is 2.91. The Balaban J connectivity index is 1.39. The summed E-state index contributed by atoms with van der Waals surface area (Å²) in [4.78, 5) is 0. The number of rotatable bonds is 8. The van der Waals surface area contributed by atoms with E-state index in [0.29, 0.717) is 19.8 Å². The SMILES string of the molecule is CO[C@H]1O[C@@H]2COC(c3ccccc3)O[C@H]2[C@@H](OCc2ccccc2)[C@@H]1OCc1ccccc1. The molecule has 0 aliphatic carbocycles. The molecule has 0 aromatic heterocycles. The van der Waals surface area contributed by atoms with Crippen molar-refractivity contribution in [1.29, 1.82) is 0 Å². The molecule has 2 fully saturated rings. The average molecular weight is 463 g/mol. The van der Waals surface area contributed by atoms with Gasteiger partial charge in [-0.25, -0.2) is 0 Å². The molecule has 0 radical (unpaired) electrons. The first-order valence-electron chi connectivity index (χ1n) is 11.6. The van der Waals surface area contributed by atoms with Crippen molar-refractivity contribution in [3.63, 3.8) is 0 Å². The van der Waals surface area contributed by atoms with Gasteiger partial charge in [0.25, 0.3) is 0 Å². The summed E-state index contributed by atoms with van der Waals surface area (Å²) in [5.41, 5.74) is 3.10. The van der Waals surface area contributed by atoms with E-state index >= 15 is 0 Å². The molecule has 178 valence electrons. The van der Waals surface area contributed by atoms with E-state index in [-0.39, 0.29) is 12.2 Å². The largest absolute Gasteiger partial charge is 0.368 e. The Morgan fingerprint density at radius 1 is 0.706 bits per heavy atom. The molecule has 6 atom stereocenters. The molecule has 1 unspecified atom stereocenters. The maximum atomic E-state index is 6.49. The maximum absolute atomic E-state index is 6.49. The number of benzene rings is 3. The van der Waals surface area contributed by atoms with Crippen LogP contribution in [-0.2, 0) is 41.6 Å². The molecule has 6 heteroatoms. The molecule has 2 aliphatic rings. The van der Waals surface area contributed by atoms with Crippen LogP contribution < -0.4 is 0 Å². The highest BCUT2D eigenvalue weighted by Crippen LogP contribution is 2.37. The lowest BCUT2D eigenvalue weighted by molar-refractivity contribution is -0.369. The number of methoxy groups -OCH3 is 1. The minimum absolute atomic E-state index is 0.331. The molecule has 0 amide bonds. The van der Waals surface area contributed by atoms with Gasteiger partial charge in [0.15, 0.2) is 12.6 Å². The van der Waals surface area contributed by atoms with E-state index in [9.17, 15) is 0 Å². The zero-order valence-electron chi connectivity index (χ0n) is 19.2. The van der Waals surface area contributed by atoms with Crippen LogP contribution in [0.25, 0.3) is 0 Å². The van der Waals surface area contributed by atoms with Gasteiger partial charge in [-0.15, -0.1) is 0 Å². The second-order valence-electron chi connectivity index (χ2n) is 8.48. The van der Waals surface area contributed by atoms with Crippen molar-refractivity contribution in [1.82, 2.24) is 0 Å². The lowest BCUT2D eigenvalue weighted by Gasteiger charge is -2.48. The van der Waals surface area contributed by atoms with Crippen molar-refractivity contribution >= 4 is 0 Å². The summed E-state index contributed by atoms with van der Waals surface area (Å²) < 4.78 is 37.2. The first-order valence-corrected chi connectivity index (χ1v) is 11.6. The standard InChI is InChI=1S/C28H30O6/c1-29-28-26(31-18-21-13-7-3-8-14-21)25(30-17-20-11-5-2-6-12-20)24-23(33-28)19-32-27(34-24)22-15-9-4-10-16-22/h2-16,23-28H,17-19H2,1H3/t23-,24-,25-,26+,27?,28+/m1/s1. The van der Waals surface area contributed by atoms with Crippen LogP contribution in [0.5, 0.6) is 0 Å². The van der Waals surface area contributed by atoms with Gasteiger partial charge in [0.05, 0.1) is 19.8 Å². The van der Waals surface area contributed by atoms with Crippen LogP contribution in [0.2, 0.25) is 0 Å². The molecule has 0 bridgehead atoms. The van der Waals surface area contributed by atoms with Gasteiger partial charge in [0.1, 0.15) is 24.4 Å². The molecule has 6 nitrogen and oxygen atoms in total. The fourth-order valence-corrected chi connectivity index (χ4v) is 4.42. The summed E-state index contributed by atoms with van der Waals surface area (Å²) in [6.07, 6.45) is -2.71. The van der Waals surface area contributed by atoms with Gasteiger partial charge in [0, 0.05) is 12.7 Å². The zero-order valence-corrected chi connectivity index (χ0v) is 19.2. The molecule has 34 heavy (non-hydrogen) atoms. The van der Waals surface area contributed by atoms with E-state index in [1.165, 1.54) is 0 Å². The Kier molecular flexibility index (Phi) is 7.65. The van der Waals surface area contributed by atoms with Crippen LogP contribution in [-0.4, -0.2) is 44.4 Å². The van der Waals surface area contributed by atoms with Crippen molar-refractivity contribution in [2.75, 3.05) is 13.7 Å². The van der Waals surface area contributed by atoms with Crippen molar-refractivity contribution in [3.05, 3.63) is 108 Å². The van der Waals surface area contributed by atoms with Gasteiger partial charge in [-0.05, 0) is 11.1 Å². The molecule has 3 aromatic rings. The quantitative estimate of drug-likeness (QED) is 0.486. The van der Waals surface area contributed by atoms with E-state index in [1.807, 2.05) is 91.0 Å². The third kappa shape index (κ3) is 5.39. The minimum Gasteiger partial charge on any atom is -0.368 e. The summed E-state index contributed by atoms with van der Waals surface area (Å²) >= 11 is 0. The molecule has 2 aliphatic heterocycles. The Morgan fingerprint density at radius 3 is 1.85 bits per heavy atom. The van der Waals surface area contributed by atoms with E-state index in [1.54, 1.807) is 7.11 Å². The molecule has 0 saturated carbocycles. The van der Waals surface area contributed by atoms with Gasteiger partial charge < -0.3 is 28.4 Å². The van der Waals surface area contributed by atoms with Crippen LogP contribution in [0.3, 0.4) is 0 Å². The van der Waals surface area contributed by atoms with Gasteiger partial charge in [-0.3, -0.25) is 0 Å². The van der Waals surface area contributed by atoms with Crippen LogP contribution >= 0.6 is 0 Å². The van der Waals surface area contributed by atoms with Gasteiger partial charge in [0.2, 0.25) is 0 Å². The number of hydrogen-bond donors (Lipinski definition) is 0. The molecule has 5 rings (SSSR count). The van der Waals surface area contributed by atoms with E-state index in [0.717, 1.165) is 16.7 Å². The van der Waals surface area contributed by atoms with Gasteiger partial charge in [-0.2, -0.15) is 0 Å². The number of hydrogen-bond acceptors (Lipinski definition) is 6. The zero-order chi connectivity index (χ0) is 23.2. The summed E-state index contributed by atoms with van der Waals surface area (Å²) in [5, 5.41) is 0. The highest BCUT2D eigenvalue weighted by Gasteiger charge is 2.51. The maximum Gasteiger partial charge on any atom is 0.186 e. The van der Waals surface area contributed by atoms with Gasteiger partial charge >= 0.3 is 0 Å². The Hall–Kier alpha value is -2.58. The Morgan fingerprint density at radius 2 is 1.26 bits per heavy atom. The summed E-state index contributed by atoms with van der Waals surface area (Å²) in [6, 6.07) is 30.0. The topological polar surface area (TPSA) is 55.4 Å². The summed E-state index contributed by atoms with van der Waals surface area (Å²) in [7, 11) is 1.62. The van der Waals surface area contributed by atoms with E-state index in [4.69, 9.17) is 28.4 Å². The Bertz CT molecular complexity index is 993. The van der Waals surface area contributed by atoms with Crippen molar-refractivity contribution in [3.8, 4) is 0 Å². The van der Waals surface area contributed by atoms with Crippen LogP contribution in [0.4, 0.5) is 0 Å². The van der Waals surface area contributed by atoms with Crippen LogP contribution in [0.1, 0.15) is 23.0 Å². The first kappa shape index (κ1) is 23.2. The Labute approximate surface area is 200 Å². The molecule has 2 heterocycles. The van der Waals surface area contributed by atoms with Crippen molar-refractivity contribution in [2.24, 2.45) is 0 Å². The van der Waals surface area contributed by atoms with Gasteiger partial charge in [-0.1, -0.05) is 91.0 Å². The third-order valence-electron chi connectivity index (χ3n) is 6.16. The second kappa shape index (κ2) is 11.2. The van der Waals surface area contributed by atoms with E-state index < -0.39 is 24.8 Å². The molecular weight excluding hydrogens is 432 g/mol. The molecule has 0 N–H and O–H groups in total. The third-order valence-corrected chi connectivity index (χ3v) is 6.16. The van der Waals surface area contributed by atoms with Crippen molar-refractivity contribution in [2.45, 2.75) is 50.2 Å². The van der Waals surface area contributed by atoms with Crippen LogP contribution in [0, 0.1) is 0 Å². The summed E-state index contributed by atoms with van der Waals surface area (Å²) in [6.45, 7) is 1.22. The molecule has 0 spiro atoms. The highest BCUT2D eigenvalue weighted by atomic mass is 16.8. The second-order valence-corrected chi connectivity index (χ2v) is 8.48. The highest BCUT2D eigenvalue weighted by molar-refractivity contribution is 5.17. The fourth-order valence-electron chi connectivity index (χ4n) is 4.42. The normalized spacial score (nSPS) is 28.9. The lowest BCUT2D eigenvalue weighted by Crippen LogP contribution is -2.63. The fraction of sp³-hybridized carbons (Fsp3) is 0.357. The predicted octanol–water partition coefficient (Wildman–Crippen LogP) is 4.64. The number of fused-ring (bicyclic) bond motifs is 1. The minimum atomic E-state index is -0.605. The molecule has 3 aromatic carbocycles.